The molecule has 0 aromatic heterocycles. The molecule has 2 rings (SSSR count). The van der Waals surface area contributed by atoms with Crippen molar-refractivity contribution in [3.8, 4) is 0 Å². The minimum absolute atomic E-state index is 0.0789. The number of carbonyl (C=O) groups excluding carboxylic acids is 1. The first-order valence-corrected chi connectivity index (χ1v) is 7.40. The highest BCUT2D eigenvalue weighted by atomic mass is 16.3. The van der Waals surface area contributed by atoms with Crippen molar-refractivity contribution >= 4 is 17.3 Å². The van der Waals surface area contributed by atoms with Gasteiger partial charge in [-0.3, -0.25) is 9.69 Å². The Balaban J connectivity index is 2.02. The van der Waals surface area contributed by atoms with E-state index in [0.29, 0.717) is 6.54 Å². The van der Waals surface area contributed by atoms with E-state index < -0.39 is 0 Å². The molecule has 0 radical (unpaired) electrons. The van der Waals surface area contributed by atoms with E-state index in [1.807, 2.05) is 55.2 Å². The van der Waals surface area contributed by atoms with Crippen LogP contribution in [-0.2, 0) is 4.79 Å². The molecule has 0 saturated heterocycles. The molecule has 0 atom stereocenters. The molecule has 1 saturated carbocycles. The second-order valence-electron chi connectivity index (χ2n) is 5.93. The van der Waals surface area contributed by atoms with Crippen LogP contribution in [0.4, 0.5) is 11.4 Å². The summed E-state index contributed by atoms with van der Waals surface area (Å²) in [6.45, 7) is 0.718. The minimum atomic E-state index is -0.341. The molecular formula is C16H25N3O2. The smallest absolute Gasteiger partial charge is 0.244 e. The number of amides is 1. The highest BCUT2D eigenvalue weighted by Crippen LogP contribution is 2.37. The molecule has 0 bridgehead atoms. The summed E-state index contributed by atoms with van der Waals surface area (Å²) in [5, 5.41) is 12.0. The summed E-state index contributed by atoms with van der Waals surface area (Å²) in [6, 6.07) is 7.72. The van der Waals surface area contributed by atoms with Crippen LogP contribution < -0.4 is 10.2 Å². The quantitative estimate of drug-likeness (QED) is 0.835. The van der Waals surface area contributed by atoms with Crippen molar-refractivity contribution in [2.24, 2.45) is 0 Å². The Kier molecular flexibility index (Phi) is 4.85. The summed E-state index contributed by atoms with van der Waals surface area (Å²) in [5.74, 6) is 0.0789. The average molecular weight is 291 g/mol. The number of likely N-dealkylation sites (N-methyl/N-ethyl adjacent to an activating group) is 2. The first-order valence-electron chi connectivity index (χ1n) is 7.40. The standard InChI is InChI=1S/C16H25N3O2/c1-18(2)16(9-4-10-16)15(21)17-13-5-7-14(8-6-13)19(3)11-12-20/h5-8,20H,4,9-12H2,1-3H3,(H,17,21). The third kappa shape index (κ3) is 3.19. The second kappa shape index (κ2) is 6.45. The van der Waals surface area contributed by atoms with Crippen LogP contribution in [-0.4, -0.2) is 55.7 Å². The lowest BCUT2D eigenvalue weighted by atomic mass is 9.75. The number of aliphatic hydroxyl groups is 1. The van der Waals surface area contributed by atoms with Gasteiger partial charge < -0.3 is 15.3 Å². The molecule has 0 unspecified atom stereocenters. The lowest BCUT2D eigenvalue weighted by Crippen LogP contribution is -2.58. The van der Waals surface area contributed by atoms with E-state index in [0.717, 1.165) is 30.6 Å². The third-order valence-electron chi connectivity index (χ3n) is 4.46. The molecule has 1 aliphatic rings. The maximum atomic E-state index is 12.5. The Morgan fingerprint density at radius 1 is 1.24 bits per heavy atom. The molecule has 1 amide bonds. The van der Waals surface area contributed by atoms with E-state index in [1.54, 1.807) is 0 Å². The van der Waals surface area contributed by atoms with Crippen molar-refractivity contribution < 1.29 is 9.90 Å². The predicted octanol–water partition coefficient (Wildman–Crippen LogP) is 1.54. The van der Waals surface area contributed by atoms with Crippen LogP contribution in [0.5, 0.6) is 0 Å². The highest BCUT2D eigenvalue weighted by Gasteiger charge is 2.46. The van der Waals surface area contributed by atoms with Crippen molar-refractivity contribution in [3.05, 3.63) is 24.3 Å². The molecular weight excluding hydrogens is 266 g/mol. The van der Waals surface area contributed by atoms with Crippen LogP contribution in [0.1, 0.15) is 19.3 Å². The van der Waals surface area contributed by atoms with Gasteiger partial charge >= 0.3 is 0 Å². The van der Waals surface area contributed by atoms with Crippen LogP contribution >= 0.6 is 0 Å². The van der Waals surface area contributed by atoms with Gasteiger partial charge in [-0.1, -0.05) is 0 Å². The highest BCUT2D eigenvalue weighted by molar-refractivity contribution is 5.98. The Labute approximate surface area is 126 Å². The maximum absolute atomic E-state index is 12.5. The summed E-state index contributed by atoms with van der Waals surface area (Å²) in [6.07, 6.45) is 2.95. The number of carbonyl (C=O) groups is 1. The molecule has 1 aliphatic carbocycles. The topological polar surface area (TPSA) is 55.8 Å². The summed E-state index contributed by atoms with van der Waals surface area (Å²) in [7, 11) is 5.86. The van der Waals surface area contributed by atoms with Crippen molar-refractivity contribution in [1.29, 1.82) is 0 Å². The lowest BCUT2D eigenvalue weighted by Gasteiger charge is -2.45. The number of anilines is 2. The fourth-order valence-electron chi connectivity index (χ4n) is 2.71. The van der Waals surface area contributed by atoms with Crippen LogP contribution in [0.3, 0.4) is 0 Å². The first-order chi connectivity index (χ1) is 9.99. The number of aliphatic hydroxyl groups excluding tert-OH is 1. The predicted molar refractivity (Wildman–Crippen MR) is 85.7 cm³/mol. The largest absolute Gasteiger partial charge is 0.395 e. The summed E-state index contributed by atoms with van der Waals surface area (Å²) in [4.78, 5) is 16.5. The Morgan fingerprint density at radius 2 is 1.86 bits per heavy atom. The van der Waals surface area contributed by atoms with Gasteiger partial charge in [-0.2, -0.15) is 0 Å². The summed E-state index contributed by atoms with van der Waals surface area (Å²) < 4.78 is 0. The first kappa shape index (κ1) is 15.8. The van der Waals surface area contributed by atoms with Gasteiger partial charge in [0.2, 0.25) is 5.91 Å². The second-order valence-corrected chi connectivity index (χ2v) is 5.93. The molecule has 2 N–H and O–H groups in total. The zero-order valence-electron chi connectivity index (χ0n) is 13.1. The zero-order chi connectivity index (χ0) is 15.5. The number of hydrogen-bond acceptors (Lipinski definition) is 4. The molecule has 116 valence electrons. The van der Waals surface area contributed by atoms with E-state index in [2.05, 4.69) is 5.32 Å². The number of nitrogens with zero attached hydrogens (tertiary/aromatic N) is 2. The van der Waals surface area contributed by atoms with Gasteiger partial charge in [0, 0.05) is 25.0 Å². The zero-order valence-corrected chi connectivity index (χ0v) is 13.1. The van der Waals surface area contributed by atoms with Crippen LogP contribution in [0.2, 0.25) is 0 Å². The molecule has 1 fully saturated rings. The van der Waals surface area contributed by atoms with Gasteiger partial charge in [0.15, 0.2) is 0 Å². The monoisotopic (exact) mass is 291 g/mol. The number of nitrogens with one attached hydrogen (secondary N) is 1. The Hall–Kier alpha value is -1.59. The van der Waals surface area contributed by atoms with Crippen molar-refractivity contribution in [1.82, 2.24) is 4.90 Å². The van der Waals surface area contributed by atoms with Gasteiger partial charge in [0.1, 0.15) is 5.54 Å². The molecule has 5 heteroatoms. The van der Waals surface area contributed by atoms with Gasteiger partial charge in [0.05, 0.1) is 6.61 Å². The number of rotatable bonds is 6. The van der Waals surface area contributed by atoms with E-state index >= 15 is 0 Å². The average Bonchev–Trinajstić information content (AvgIpc) is 2.37. The molecule has 0 aliphatic heterocycles. The van der Waals surface area contributed by atoms with Crippen LogP contribution in [0, 0.1) is 0 Å². The summed E-state index contributed by atoms with van der Waals surface area (Å²) >= 11 is 0. The molecule has 21 heavy (non-hydrogen) atoms. The molecule has 1 aromatic rings. The number of hydrogen-bond donors (Lipinski definition) is 2. The van der Waals surface area contributed by atoms with Gasteiger partial charge in [-0.05, 0) is 57.6 Å². The molecule has 0 spiro atoms. The van der Waals surface area contributed by atoms with Crippen molar-refractivity contribution in [2.75, 3.05) is 44.5 Å². The van der Waals surface area contributed by atoms with Crippen molar-refractivity contribution in [2.45, 2.75) is 24.8 Å². The fraction of sp³-hybridized carbons (Fsp3) is 0.562. The Bertz CT molecular complexity index is 481. The van der Waals surface area contributed by atoms with Gasteiger partial charge in [-0.25, -0.2) is 0 Å². The van der Waals surface area contributed by atoms with Crippen LogP contribution in [0.25, 0.3) is 0 Å². The molecule has 1 aromatic carbocycles. The van der Waals surface area contributed by atoms with Gasteiger partial charge in [-0.15, -0.1) is 0 Å². The van der Waals surface area contributed by atoms with E-state index in [-0.39, 0.29) is 18.1 Å². The molecule has 5 nitrogen and oxygen atoms in total. The minimum Gasteiger partial charge on any atom is -0.395 e. The lowest BCUT2D eigenvalue weighted by molar-refractivity contribution is -0.131. The van der Waals surface area contributed by atoms with Crippen LogP contribution in [0.15, 0.2) is 24.3 Å². The van der Waals surface area contributed by atoms with Crippen molar-refractivity contribution in [3.63, 3.8) is 0 Å². The van der Waals surface area contributed by atoms with E-state index in [1.165, 1.54) is 0 Å². The Morgan fingerprint density at radius 3 is 2.29 bits per heavy atom. The summed E-state index contributed by atoms with van der Waals surface area (Å²) in [5.41, 5.74) is 1.49. The van der Waals surface area contributed by atoms with E-state index in [4.69, 9.17) is 5.11 Å². The third-order valence-corrected chi connectivity index (χ3v) is 4.46. The van der Waals surface area contributed by atoms with E-state index in [9.17, 15) is 4.79 Å². The fourth-order valence-corrected chi connectivity index (χ4v) is 2.71. The SMILES string of the molecule is CN(CCO)c1ccc(NC(=O)C2(N(C)C)CCC2)cc1. The normalized spacial score (nSPS) is 16.4. The van der Waals surface area contributed by atoms with Gasteiger partial charge in [0.25, 0.3) is 0 Å². The maximum Gasteiger partial charge on any atom is 0.244 e. The molecule has 0 heterocycles. The number of benzene rings is 1.